The average molecular weight is 282 g/mol. The summed E-state index contributed by atoms with van der Waals surface area (Å²) in [5, 5.41) is 9.59. The fourth-order valence-electron chi connectivity index (χ4n) is 2.67. The molecule has 1 atom stereocenters. The molecule has 4 heteroatoms. The Morgan fingerprint density at radius 2 is 2.11 bits per heavy atom. The van der Waals surface area contributed by atoms with Crippen LogP contribution in [0.1, 0.15) is 31.2 Å². The minimum Gasteiger partial charge on any atom is -0.396 e. The molecule has 1 aromatic rings. The number of halogens is 1. The van der Waals surface area contributed by atoms with E-state index in [1.54, 1.807) is 0 Å². The second-order valence-corrected chi connectivity index (χ2v) is 5.49. The molecule has 0 spiro atoms. The van der Waals surface area contributed by atoms with Gasteiger partial charge in [0.05, 0.1) is 6.42 Å². The highest BCUT2D eigenvalue weighted by Crippen LogP contribution is 2.22. The maximum atomic E-state index is 12.3. The van der Waals surface area contributed by atoms with Gasteiger partial charge in [-0.1, -0.05) is 23.7 Å². The summed E-state index contributed by atoms with van der Waals surface area (Å²) in [5.41, 5.74) is 1.00. The number of likely N-dealkylation sites (tertiary alicyclic amines) is 1. The smallest absolute Gasteiger partial charge is 0.227 e. The number of hydrogen-bond donors (Lipinski definition) is 1. The van der Waals surface area contributed by atoms with Crippen LogP contribution >= 0.6 is 11.6 Å². The van der Waals surface area contributed by atoms with Crippen molar-refractivity contribution in [1.29, 1.82) is 0 Å². The Labute approximate surface area is 119 Å². The van der Waals surface area contributed by atoms with E-state index in [4.69, 9.17) is 16.7 Å². The predicted molar refractivity (Wildman–Crippen MR) is 76.2 cm³/mol. The Kier molecular flexibility index (Phi) is 5.23. The topological polar surface area (TPSA) is 40.5 Å². The molecular weight excluding hydrogens is 262 g/mol. The van der Waals surface area contributed by atoms with Gasteiger partial charge in [0.1, 0.15) is 0 Å². The second kappa shape index (κ2) is 6.92. The molecule has 0 radical (unpaired) electrons. The Morgan fingerprint density at radius 3 is 2.79 bits per heavy atom. The maximum absolute atomic E-state index is 12.3. The average Bonchev–Trinajstić information content (AvgIpc) is 2.87. The van der Waals surface area contributed by atoms with E-state index < -0.39 is 0 Å². The van der Waals surface area contributed by atoms with Crippen LogP contribution in [0.4, 0.5) is 0 Å². The van der Waals surface area contributed by atoms with Gasteiger partial charge >= 0.3 is 0 Å². The van der Waals surface area contributed by atoms with Crippen LogP contribution in [-0.4, -0.2) is 35.1 Å². The van der Waals surface area contributed by atoms with Crippen LogP contribution < -0.4 is 0 Å². The van der Waals surface area contributed by atoms with E-state index in [2.05, 4.69) is 0 Å². The molecule has 1 unspecified atom stereocenters. The van der Waals surface area contributed by atoms with Crippen molar-refractivity contribution in [1.82, 2.24) is 4.90 Å². The number of benzene rings is 1. The fourth-order valence-corrected chi connectivity index (χ4v) is 2.80. The number of amides is 1. The third kappa shape index (κ3) is 3.95. The van der Waals surface area contributed by atoms with Crippen molar-refractivity contribution in [3.05, 3.63) is 34.9 Å². The van der Waals surface area contributed by atoms with Crippen molar-refractivity contribution in [3.8, 4) is 0 Å². The highest BCUT2D eigenvalue weighted by Gasteiger charge is 2.27. The summed E-state index contributed by atoms with van der Waals surface area (Å²) in [4.78, 5) is 14.3. The summed E-state index contributed by atoms with van der Waals surface area (Å²) < 4.78 is 0. The first-order valence-electron chi connectivity index (χ1n) is 6.85. The van der Waals surface area contributed by atoms with E-state index in [0.717, 1.165) is 37.8 Å². The first-order valence-corrected chi connectivity index (χ1v) is 7.23. The highest BCUT2D eigenvalue weighted by atomic mass is 35.5. The highest BCUT2D eigenvalue weighted by molar-refractivity contribution is 6.30. The largest absolute Gasteiger partial charge is 0.396 e. The fraction of sp³-hybridized carbons (Fsp3) is 0.533. The molecule has 1 fully saturated rings. The summed E-state index contributed by atoms with van der Waals surface area (Å²) in [7, 11) is 0. The molecule has 104 valence electrons. The molecule has 0 bridgehead atoms. The molecule has 1 aliphatic rings. The van der Waals surface area contributed by atoms with Crippen LogP contribution in [-0.2, 0) is 11.2 Å². The summed E-state index contributed by atoms with van der Waals surface area (Å²) >= 11 is 5.84. The van der Waals surface area contributed by atoms with Crippen LogP contribution in [0.15, 0.2) is 24.3 Å². The lowest BCUT2D eigenvalue weighted by molar-refractivity contribution is -0.131. The zero-order chi connectivity index (χ0) is 13.7. The first kappa shape index (κ1) is 14.4. The van der Waals surface area contributed by atoms with E-state index in [0.29, 0.717) is 17.5 Å². The molecular formula is C15H20ClNO2. The van der Waals surface area contributed by atoms with Gasteiger partial charge in [0.25, 0.3) is 0 Å². The van der Waals surface area contributed by atoms with Crippen molar-refractivity contribution in [3.63, 3.8) is 0 Å². The summed E-state index contributed by atoms with van der Waals surface area (Å²) in [6.45, 7) is 1.05. The molecule has 1 saturated heterocycles. The van der Waals surface area contributed by atoms with Gasteiger partial charge in [0.15, 0.2) is 0 Å². The predicted octanol–water partition coefficient (Wildman–Crippen LogP) is 2.65. The first-order chi connectivity index (χ1) is 9.20. The zero-order valence-corrected chi connectivity index (χ0v) is 11.8. The molecule has 1 N–H and O–H groups in total. The lowest BCUT2D eigenvalue weighted by Crippen LogP contribution is -2.36. The monoisotopic (exact) mass is 281 g/mol. The zero-order valence-electron chi connectivity index (χ0n) is 11.0. The van der Waals surface area contributed by atoms with Crippen molar-refractivity contribution < 1.29 is 9.90 Å². The number of rotatable bonds is 5. The molecule has 3 nitrogen and oxygen atoms in total. The number of aliphatic hydroxyl groups excluding tert-OH is 1. The molecule has 19 heavy (non-hydrogen) atoms. The molecule has 1 amide bonds. The van der Waals surface area contributed by atoms with E-state index in [1.807, 2.05) is 29.2 Å². The van der Waals surface area contributed by atoms with Crippen LogP contribution in [0.25, 0.3) is 0 Å². The van der Waals surface area contributed by atoms with Gasteiger partial charge in [-0.2, -0.15) is 0 Å². The van der Waals surface area contributed by atoms with E-state index >= 15 is 0 Å². The summed E-state index contributed by atoms with van der Waals surface area (Å²) in [6.07, 6.45) is 4.25. The minimum atomic E-state index is 0.183. The molecule has 0 aliphatic carbocycles. The van der Waals surface area contributed by atoms with Crippen LogP contribution in [0.3, 0.4) is 0 Å². The summed E-state index contributed by atoms with van der Waals surface area (Å²) in [5.74, 6) is 0.183. The minimum absolute atomic E-state index is 0.183. The third-order valence-corrected chi connectivity index (χ3v) is 3.91. The number of carbonyl (C=O) groups excluding carboxylic acids is 1. The van der Waals surface area contributed by atoms with Gasteiger partial charge in [-0.15, -0.1) is 0 Å². The van der Waals surface area contributed by atoms with Gasteiger partial charge in [-0.05, 0) is 43.4 Å². The molecule has 0 aromatic heterocycles. The lowest BCUT2D eigenvalue weighted by Gasteiger charge is -2.24. The SMILES string of the molecule is O=C(Cc1ccc(Cl)cc1)N1CCCC1CCCO. The standard InChI is InChI=1S/C15H20ClNO2/c16-13-7-5-12(6-8-13)11-15(19)17-9-1-3-14(17)4-2-10-18/h5-8,14,18H,1-4,9-11H2. The van der Waals surface area contributed by atoms with Gasteiger partial charge in [-0.3, -0.25) is 4.79 Å². The van der Waals surface area contributed by atoms with Crippen LogP contribution in [0, 0.1) is 0 Å². The maximum Gasteiger partial charge on any atom is 0.227 e. The van der Waals surface area contributed by atoms with E-state index in [9.17, 15) is 4.79 Å². The van der Waals surface area contributed by atoms with Crippen molar-refractivity contribution in [2.45, 2.75) is 38.1 Å². The molecule has 1 heterocycles. The van der Waals surface area contributed by atoms with E-state index in [1.165, 1.54) is 0 Å². The Bertz CT molecular complexity index is 419. The second-order valence-electron chi connectivity index (χ2n) is 5.05. The van der Waals surface area contributed by atoms with E-state index in [-0.39, 0.29) is 12.5 Å². The van der Waals surface area contributed by atoms with Crippen molar-refractivity contribution in [2.75, 3.05) is 13.2 Å². The molecule has 1 aliphatic heterocycles. The number of nitrogens with zero attached hydrogens (tertiary/aromatic N) is 1. The quantitative estimate of drug-likeness (QED) is 0.901. The van der Waals surface area contributed by atoms with Crippen molar-refractivity contribution in [2.24, 2.45) is 0 Å². The number of aliphatic hydroxyl groups is 1. The van der Waals surface area contributed by atoms with Crippen molar-refractivity contribution >= 4 is 17.5 Å². The molecule has 2 rings (SSSR count). The van der Waals surface area contributed by atoms with Gasteiger partial charge in [-0.25, -0.2) is 0 Å². The number of carbonyl (C=O) groups is 1. The Hall–Kier alpha value is -1.06. The van der Waals surface area contributed by atoms with Crippen LogP contribution in [0.5, 0.6) is 0 Å². The molecule has 0 saturated carbocycles. The normalized spacial score (nSPS) is 18.8. The summed E-state index contributed by atoms with van der Waals surface area (Å²) in [6, 6.07) is 7.75. The third-order valence-electron chi connectivity index (χ3n) is 3.66. The Balaban J connectivity index is 1.93. The lowest BCUT2D eigenvalue weighted by atomic mass is 10.1. The van der Waals surface area contributed by atoms with Gasteiger partial charge < -0.3 is 10.0 Å². The Morgan fingerprint density at radius 1 is 1.37 bits per heavy atom. The van der Waals surface area contributed by atoms with Crippen LogP contribution in [0.2, 0.25) is 5.02 Å². The molecule has 1 aromatic carbocycles. The number of hydrogen-bond acceptors (Lipinski definition) is 2. The van der Waals surface area contributed by atoms with Gasteiger partial charge in [0, 0.05) is 24.2 Å². The van der Waals surface area contributed by atoms with Gasteiger partial charge in [0.2, 0.25) is 5.91 Å².